The van der Waals surface area contributed by atoms with E-state index in [9.17, 15) is 9.59 Å². The number of halogens is 1. The first-order chi connectivity index (χ1) is 11.8. The average molecular weight is 357 g/mol. The van der Waals surface area contributed by atoms with Gasteiger partial charge in [-0.3, -0.25) is 9.59 Å². The third-order valence-corrected chi connectivity index (χ3v) is 4.76. The van der Waals surface area contributed by atoms with Gasteiger partial charge in [-0.05, 0) is 38.5 Å². The second-order valence-corrected chi connectivity index (χ2v) is 7.09. The van der Waals surface area contributed by atoms with Gasteiger partial charge in [-0.2, -0.15) is 0 Å². The number of ketones is 1. The van der Waals surface area contributed by atoms with E-state index in [2.05, 4.69) is 19.1 Å². The number of hydrogen-bond acceptors (Lipinski definition) is 2. The Morgan fingerprint density at radius 2 is 1.38 bits per heavy atom. The molecule has 0 bridgehead atoms. The van der Waals surface area contributed by atoms with Crippen LogP contribution in [0.25, 0.3) is 0 Å². The number of alkyl halides is 1. The Morgan fingerprint density at radius 3 is 1.92 bits per heavy atom. The molecule has 1 atom stereocenters. The summed E-state index contributed by atoms with van der Waals surface area (Å²) in [6.07, 6.45) is 21.7. The molecule has 0 aliphatic rings. The first-order valence-corrected chi connectivity index (χ1v) is 10.5. The Labute approximate surface area is 154 Å². The van der Waals surface area contributed by atoms with Crippen molar-refractivity contribution < 1.29 is 9.59 Å². The summed E-state index contributed by atoms with van der Waals surface area (Å²) in [4.78, 5) is 22.0. The summed E-state index contributed by atoms with van der Waals surface area (Å²) in [6, 6.07) is 0. The number of rotatable bonds is 18. The summed E-state index contributed by atoms with van der Waals surface area (Å²) in [7, 11) is 0. The van der Waals surface area contributed by atoms with Crippen LogP contribution in [0.15, 0.2) is 12.2 Å². The van der Waals surface area contributed by atoms with E-state index in [-0.39, 0.29) is 11.7 Å². The Bertz CT molecular complexity index is 326. The Morgan fingerprint density at radius 1 is 0.833 bits per heavy atom. The quantitative estimate of drug-likeness (QED) is 0.0905. The van der Waals surface area contributed by atoms with Crippen molar-refractivity contribution in [3.63, 3.8) is 0 Å². The lowest BCUT2D eigenvalue weighted by atomic mass is 9.94. The van der Waals surface area contributed by atoms with E-state index < -0.39 is 0 Å². The molecule has 0 heterocycles. The van der Waals surface area contributed by atoms with Crippen molar-refractivity contribution in [2.24, 2.45) is 5.92 Å². The summed E-state index contributed by atoms with van der Waals surface area (Å²) >= 11 is 5.69. The fourth-order valence-corrected chi connectivity index (χ4v) is 3.20. The van der Waals surface area contributed by atoms with E-state index in [4.69, 9.17) is 11.6 Å². The number of Topliss-reactive ketones (excluding diaryl/α,β-unsaturated/α-hetero) is 1. The van der Waals surface area contributed by atoms with Crippen LogP contribution < -0.4 is 0 Å². The van der Waals surface area contributed by atoms with E-state index in [1.807, 2.05) is 0 Å². The highest BCUT2D eigenvalue weighted by Crippen LogP contribution is 2.16. The van der Waals surface area contributed by atoms with Crippen LogP contribution in [0.5, 0.6) is 0 Å². The molecular formula is C21H37ClO2. The molecule has 2 nitrogen and oxygen atoms in total. The molecule has 0 saturated heterocycles. The zero-order valence-electron chi connectivity index (χ0n) is 15.6. The first kappa shape index (κ1) is 23.4. The molecule has 0 aromatic heterocycles. The molecule has 0 aliphatic carbocycles. The largest absolute Gasteiger partial charge is 0.295 e. The first-order valence-electron chi connectivity index (χ1n) is 9.96. The lowest BCUT2D eigenvalue weighted by Gasteiger charge is -2.10. The number of hydrogen-bond donors (Lipinski definition) is 0. The molecule has 0 saturated carbocycles. The van der Waals surface area contributed by atoms with Gasteiger partial charge in [0, 0.05) is 11.8 Å². The third-order valence-electron chi connectivity index (χ3n) is 4.54. The number of carbonyl (C=O) groups is 2. The fraction of sp³-hybridized carbons (Fsp3) is 0.810. The third kappa shape index (κ3) is 14.9. The summed E-state index contributed by atoms with van der Waals surface area (Å²) in [5, 5.41) is 0. The van der Waals surface area contributed by atoms with Gasteiger partial charge in [0.25, 0.3) is 0 Å². The maximum Gasteiger partial charge on any atom is 0.198 e. The monoisotopic (exact) mass is 356 g/mol. The van der Waals surface area contributed by atoms with E-state index in [0.717, 1.165) is 25.7 Å². The van der Waals surface area contributed by atoms with Gasteiger partial charge in [0.2, 0.25) is 0 Å². The molecule has 0 amide bonds. The number of allylic oxidation sites excluding steroid dienone is 2. The summed E-state index contributed by atoms with van der Waals surface area (Å²) in [6.45, 7) is 2.26. The van der Waals surface area contributed by atoms with Crippen LogP contribution >= 0.6 is 11.6 Å². The summed E-state index contributed by atoms with van der Waals surface area (Å²) in [5.74, 6) is 0.0127. The van der Waals surface area contributed by atoms with Crippen LogP contribution in [0.1, 0.15) is 96.8 Å². The zero-order valence-corrected chi connectivity index (χ0v) is 16.4. The molecule has 24 heavy (non-hydrogen) atoms. The van der Waals surface area contributed by atoms with E-state index in [1.165, 1.54) is 57.8 Å². The number of carbonyl (C=O) groups excluding carboxylic acids is 2. The number of unbranched alkanes of at least 4 members (excludes halogenated alkanes) is 10. The highest BCUT2D eigenvalue weighted by Gasteiger charge is 2.16. The molecule has 0 aliphatic heterocycles. The Kier molecular flexibility index (Phi) is 18.2. The Balaban J connectivity index is 3.41. The topological polar surface area (TPSA) is 34.1 Å². The van der Waals surface area contributed by atoms with Crippen molar-refractivity contribution in [3.8, 4) is 0 Å². The SMILES string of the molecule is CCCCCCCC/C=C\CCCCCCC(CCCl)C(=O)C=O. The van der Waals surface area contributed by atoms with Gasteiger partial charge in [0.15, 0.2) is 12.1 Å². The molecule has 0 rings (SSSR count). The van der Waals surface area contributed by atoms with E-state index in [1.54, 1.807) is 0 Å². The molecule has 0 spiro atoms. The van der Waals surface area contributed by atoms with Gasteiger partial charge in [-0.25, -0.2) is 0 Å². The summed E-state index contributed by atoms with van der Waals surface area (Å²) in [5.41, 5.74) is 0. The average Bonchev–Trinajstić information content (AvgIpc) is 2.60. The maximum absolute atomic E-state index is 11.4. The highest BCUT2D eigenvalue weighted by atomic mass is 35.5. The molecule has 140 valence electrons. The second kappa shape index (κ2) is 18.7. The Hall–Kier alpha value is -0.630. The predicted octanol–water partition coefficient (Wildman–Crippen LogP) is 6.65. The number of aldehydes is 1. The molecule has 0 fully saturated rings. The highest BCUT2D eigenvalue weighted by molar-refractivity contribution is 6.26. The van der Waals surface area contributed by atoms with Crippen LogP contribution in [-0.2, 0) is 9.59 Å². The maximum atomic E-state index is 11.4. The van der Waals surface area contributed by atoms with Crippen molar-refractivity contribution in [2.45, 2.75) is 96.8 Å². The minimum atomic E-state index is -0.284. The van der Waals surface area contributed by atoms with Crippen molar-refractivity contribution in [1.82, 2.24) is 0 Å². The van der Waals surface area contributed by atoms with Gasteiger partial charge in [-0.15, -0.1) is 11.6 Å². The molecule has 3 heteroatoms. The van der Waals surface area contributed by atoms with Crippen molar-refractivity contribution in [2.75, 3.05) is 5.88 Å². The molecule has 0 aromatic rings. The molecular weight excluding hydrogens is 320 g/mol. The summed E-state index contributed by atoms with van der Waals surface area (Å²) < 4.78 is 0. The van der Waals surface area contributed by atoms with Crippen LogP contribution in [0.4, 0.5) is 0 Å². The van der Waals surface area contributed by atoms with Gasteiger partial charge in [-0.1, -0.05) is 70.4 Å². The lowest BCUT2D eigenvalue weighted by Crippen LogP contribution is -2.16. The van der Waals surface area contributed by atoms with Gasteiger partial charge in [0.05, 0.1) is 0 Å². The van der Waals surface area contributed by atoms with Crippen LogP contribution in [0.3, 0.4) is 0 Å². The van der Waals surface area contributed by atoms with Crippen LogP contribution in [-0.4, -0.2) is 17.9 Å². The van der Waals surface area contributed by atoms with Crippen molar-refractivity contribution in [1.29, 1.82) is 0 Å². The fourth-order valence-electron chi connectivity index (χ4n) is 2.94. The van der Waals surface area contributed by atoms with Crippen molar-refractivity contribution in [3.05, 3.63) is 12.2 Å². The molecule has 0 radical (unpaired) electrons. The minimum Gasteiger partial charge on any atom is -0.295 e. The lowest BCUT2D eigenvalue weighted by molar-refractivity contribution is -0.132. The normalized spacial score (nSPS) is 12.6. The smallest absolute Gasteiger partial charge is 0.198 e. The zero-order chi connectivity index (χ0) is 17.9. The van der Waals surface area contributed by atoms with Gasteiger partial charge in [0.1, 0.15) is 0 Å². The van der Waals surface area contributed by atoms with Gasteiger partial charge >= 0.3 is 0 Å². The van der Waals surface area contributed by atoms with E-state index >= 15 is 0 Å². The van der Waals surface area contributed by atoms with Crippen molar-refractivity contribution >= 4 is 23.7 Å². The minimum absolute atomic E-state index is 0.155. The van der Waals surface area contributed by atoms with E-state index in [0.29, 0.717) is 18.6 Å². The molecule has 0 aromatic carbocycles. The molecule has 1 unspecified atom stereocenters. The van der Waals surface area contributed by atoms with Crippen LogP contribution in [0, 0.1) is 5.92 Å². The van der Waals surface area contributed by atoms with Gasteiger partial charge < -0.3 is 0 Å². The second-order valence-electron chi connectivity index (χ2n) is 6.71. The van der Waals surface area contributed by atoms with Crippen LogP contribution in [0.2, 0.25) is 0 Å². The molecule has 0 N–H and O–H groups in total. The standard InChI is InChI=1S/C21H37ClO2/c1-2-3-4-5-6-7-8-9-10-11-12-13-14-15-16-20(17-18-22)21(24)19-23/h9-10,19-20H,2-8,11-18H2,1H3/b10-9-. The predicted molar refractivity (Wildman–Crippen MR) is 105 cm³/mol.